The third-order valence-electron chi connectivity index (χ3n) is 5.63. The lowest BCUT2D eigenvalue weighted by Gasteiger charge is -2.33. The Kier molecular flexibility index (Phi) is 5.34. The van der Waals surface area contributed by atoms with E-state index in [0.717, 1.165) is 0 Å². The van der Waals surface area contributed by atoms with Crippen LogP contribution >= 0.6 is 0 Å². The van der Waals surface area contributed by atoms with Crippen LogP contribution in [-0.2, 0) is 9.53 Å². The second-order valence-electron chi connectivity index (χ2n) is 7.26. The number of furan rings is 1. The molecule has 0 bridgehead atoms. The van der Waals surface area contributed by atoms with Crippen LogP contribution in [0.2, 0.25) is 0 Å². The van der Waals surface area contributed by atoms with Crippen LogP contribution in [0.4, 0.5) is 0 Å². The maximum absolute atomic E-state index is 13.3. The number of nitriles is 1. The molecule has 0 saturated carbocycles. The predicted molar refractivity (Wildman–Crippen MR) is 109 cm³/mol. The smallest absolute Gasteiger partial charge is 0.205 e. The molecule has 1 aliphatic carbocycles. The molecular formula is C23H22N2O6. The number of hydrogen-bond donors (Lipinski definition) is 1. The fourth-order valence-electron chi connectivity index (χ4n) is 4.23. The van der Waals surface area contributed by atoms with Gasteiger partial charge in [0, 0.05) is 24.3 Å². The van der Waals surface area contributed by atoms with Gasteiger partial charge in [0.05, 0.1) is 33.5 Å². The van der Waals surface area contributed by atoms with Crippen LogP contribution in [0, 0.1) is 11.3 Å². The number of nitrogens with two attached hydrogens (primary N) is 1. The molecule has 0 unspecified atom stereocenters. The van der Waals surface area contributed by atoms with Gasteiger partial charge in [-0.1, -0.05) is 0 Å². The zero-order valence-corrected chi connectivity index (χ0v) is 17.4. The molecule has 2 heterocycles. The summed E-state index contributed by atoms with van der Waals surface area (Å²) in [4.78, 5) is 13.3. The molecule has 4 rings (SSSR count). The van der Waals surface area contributed by atoms with Crippen LogP contribution in [0.25, 0.3) is 0 Å². The van der Waals surface area contributed by atoms with E-state index in [2.05, 4.69) is 6.07 Å². The number of carbonyl (C=O) groups is 1. The van der Waals surface area contributed by atoms with E-state index in [1.807, 2.05) is 6.07 Å². The summed E-state index contributed by atoms with van der Waals surface area (Å²) in [6.07, 6.45) is 2.26. The molecule has 1 aromatic heterocycles. The minimum Gasteiger partial charge on any atom is -0.493 e. The zero-order chi connectivity index (χ0) is 22.1. The van der Waals surface area contributed by atoms with Gasteiger partial charge in [-0.05, 0) is 29.8 Å². The Morgan fingerprint density at radius 1 is 1.13 bits per heavy atom. The van der Waals surface area contributed by atoms with E-state index in [1.54, 1.807) is 24.5 Å². The summed E-state index contributed by atoms with van der Waals surface area (Å²) < 4.78 is 27.6. The molecule has 1 aromatic carbocycles. The predicted octanol–water partition coefficient (Wildman–Crippen LogP) is 3.51. The fraction of sp³-hybridized carbons (Fsp3) is 0.304. The SMILES string of the molecule is COc1cc([C@@H]2C(C#N)=C(N)OC3=C2C(=O)C[C@H](c2ccco2)C3)cc(OC)c1OC. The first-order valence-electron chi connectivity index (χ1n) is 9.69. The number of ketones is 1. The first kappa shape index (κ1) is 20.4. The van der Waals surface area contributed by atoms with E-state index in [4.69, 9.17) is 29.1 Å². The summed E-state index contributed by atoms with van der Waals surface area (Å²) >= 11 is 0. The third-order valence-corrected chi connectivity index (χ3v) is 5.63. The van der Waals surface area contributed by atoms with Crippen LogP contribution in [0.15, 0.2) is 57.7 Å². The fourth-order valence-corrected chi connectivity index (χ4v) is 4.23. The number of carbonyl (C=O) groups excluding carboxylic acids is 1. The molecule has 2 aromatic rings. The van der Waals surface area contributed by atoms with Gasteiger partial charge in [0.15, 0.2) is 17.3 Å². The second kappa shape index (κ2) is 8.11. The van der Waals surface area contributed by atoms with Crippen molar-refractivity contribution in [1.29, 1.82) is 5.26 Å². The Balaban J connectivity index is 1.86. The quantitative estimate of drug-likeness (QED) is 0.778. The lowest BCUT2D eigenvalue weighted by Crippen LogP contribution is -2.29. The summed E-state index contributed by atoms with van der Waals surface area (Å²) in [6.45, 7) is 0. The number of nitrogens with zero attached hydrogens (tertiary/aromatic N) is 1. The van der Waals surface area contributed by atoms with Gasteiger partial charge in [0.25, 0.3) is 0 Å². The van der Waals surface area contributed by atoms with Gasteiger partial charge in [-0.25, -0.2) is 0 Å². The monoisotopic (exact) mass is 422 g/mol. The van der Waals surface area contributed by atoms with Gasteiger partial charge in [-0.2, -0.15) is 5.26 Å². The van der Waals surface area contributed by atoms with Gasteiger partial charge in [0.2, 0.25) is 11.6 Å². The molecule has 0 spiro atoms. The minimum absolute atomic E-state index is 0.0205. The highest BCUT2D eigenvalue weighted by Gasteiger charge is 2.42. The molecular weight excluding hydrogens is 400 g/mol. The number of methoxy groups -OCH3 is 3. The number of rotatable bonds is 5. The number of allylic oxidation sites excluding steroid dienone is 3. The number of ether oxygens (including phenoxy) is 4. The maximum atomic E-state index is 13.3. The topological polar surface area (TPSA) is 117 Å². The van der Waals surface area contributed by atoms with Crippen molar-refractivity contribution in [3.8, 4) is 23.3 Å². The van der Waals surface area contributed by atoms with E-state index in [-0.39, 0.29) is 29.6 Å². The average Bonchev–Trinajstić information content (AvgIpc) is 3.32. The van der Waals surface area contributed by atoms with Gasteiger partial charge < -0.3 is 29.1 Å². The van der Waals surface area contributed by atoms with E-state index in [9.17, 15) is 10.1 Å². The molecule has 160 valence electrons. The molecule has 2 atom stereocenters. The Morgan fingerprint density at radius 2 is 1.84 bits per heavy atom. The Hall–Kier alpha value is -3.86. The van der Waals surface area contributed by atoms with Crippen LogP contribution in [0.1, 0.15) is 36.0 Å². The van der Waals surface area contributed by atoms with E-state index in [0.29, 0.717) is 46.3 Å². The van der Waals surface area contributed by atoms with Crippen molar-refractivity contribution in [1.82, 2.24) is 0 Å². The molecule has 0 fully saturated rings. The average molecular weight is 422 g/mol. The summed E-state index contributed by atoms with van der Waals surface area (Å²) in [7, 11) is 4.52. The van der Waals surface area contributed by atoms with Crippen molar-refractivity contribution < 1.29 is 28.2 Å². The highest BCUT2D eigenvalue weighted by atomic mass is 16.5. The molecule has 1 aliphatic heterocycles. The Labute approximate surface area is 179 Å². The number of benzene rings is 1. The first-order chi connectivity index (χ1) is 15.0. The van der Waals surface area contributed by atoms with Crippen molar-refractivity contribution in [3.63, 3.8) is 0 Å². The van der Waals surface area contributed by atoms with Crippen molar-refractivity contribution in [2.45, 2.75) is 24.7 Å². The summed E-state index contributed by atoms with van der Waals surface area (Å²) in [5, 5.41) is 9.82. The normalized spacial score (nSPS) is 20.6. The molecule has 0 radical (unpaired) electrons. The van der Waals surface area contributed by atoms with Crippen LogP contribution in [0.3, 0.4) is 0 Å². The maximum Gasteiger partial charge on any atom is 0.205 e. The van der Waals surface area contributed by atoms with Gasteiger partial charge >= 0.3 is 0 Å². The standard InChI is InChI=1S/C23H22N2O6/c1-27-18-9-13(10-19(28-2)22(18)29-3)20-14(11-24)23(25)31-17-8-12(7-15(26)21(17)20)16-5-4-6-30-16/h4-6,9-10,12,20H,7-8,25H2,1-3H3/t12-,20+/m0/s1. The minimum atomic E-state index is -0.701. The molecule has 0 amide bonds. The molecule has 8 heteroatoms. The summed E-state index contributed by atoms with van der Waals surface area (Å²) in [5.74, 6) is 1.41. The first-order valence-corrected chi connectivity index (χ1v) is 9.69. The molecule has 8 nitrogen and oxygen atoms in total. The lowest BCUT2D eigenvalue weighted by atomic mass is 9.74. The highest BCUT2D eigenvalue weighted by molar-refractivity contribution is 6.00. The van der Waals surface area contributed by atoms with Crippen molar-refractivity contribution in [2.75, 3.05) is 21.3 Å². The van der Waals surface area contributed by atoms with E-state index >= 15 is 0 Å². The third kappa shape index (κ3) is 3.38. The number of hydrogen-bond acceptors (Lipinski definition) is 8. The summed E-state index contributed by atoms with van der Waals surface area (Å²) in [6, 6.07) is 9.17. The van der Waals surface area contributed by atoms with Crippen LogP contribution < -0.4 is 19.9 Å². The largest absolute Gasteiger partial charge is 0.493 e. The molecule has 2 aliphatic rings. The molecule has 0 saturated heterocycles. The Morgan fingerprint density at radius 3 is 2.39 bits per heavy atom. The van der Waals surface area contributed by atoms with Crippen molar-refractivity contribution >= 4 is 5.78 Å². The van der Waals surface area contributed by atoms with Gasteiger partial charge in [0.1, 0.15) is 23.2 Å². The van der Waals surface area contributed by atoms with Gasteiger partial charge in [-0.3, -0.25) is 4.79 Å². The van der Waals surface area contributed by atoms with E-state index in [1.165, 1.54) is 21.3 Å². The molecule has 31 heavy (non-hydrogen) atoms. The van der Waals surface area contributed by atoms with Crippen molar-refractivity contribution in [2.24, 2.45) is 5.73 Å². The van der Waals surface area contributed by atoms with Gasteiger partial charge in [-0.15, -0.1) is 0 Å². The number of Topliss-reactive ketones (excluding diaryl/α,β-unsaturated/α-hetero) is 1. The lowest BCUT2D eigenvalue weighted by molar-refractivity contribution is -0.117. The van der Waals surface area contributed by atoms with Crippen molar-refractivity contribution in [3.05, 3.63) is 64.6 Å². The second-order valence-corrected chi connectivity index (χ2v) is 7.26. The van der Waals surface area contributed by atoms with Crippen LogP contribution in [-0.4, -0.2) is 27.1 Å². The van der Waals surface area contributed by atoms with E-state index < -0.39 is 5.92 Å². The Bertz CT molecular complexity index is 1100. The summed E-state index contributed by atoms with van der Waals surface area (Å²) in [5.41, 5.74) is 7.31. The van der Waals surface area contributed by atoms with Crippen LogP contribution in [0.5, 0.6) is 17.2 Å². The zero-order valence-electron chi connectivity index (χ0n) is 17.4. The molecule has 2 N–H and O–H groups in total. The highest BCUT2D eigenvalue weighted by Crippen LogP contribution is 2.49.